The lowest BCUT2D eigenvalue weighted by atomic mass is 10.2. The maximum absolute atomic E-state index is 10.4. The molecule has 0 fully saturated rings. The lowest BCUT2D eigenvalue weighted by Crippen LogP contribution is -2.43. The molecule has 0 unspecified atom stereocenters. The average Bonchev–Trinajstić information content (AvgIpc) is 2.13. The van der Waals surface area contributed by atoms with Gasteiger partial charge in [0.15, 0.2) is 8.32 Å². The molecule has 3 N–H and O–H groups in total. The predicted octanol–water partition coefficient (Wildman–Crippen LogP) is 2.03. The number of carboxylic acid groups (broad SMARTS) is 1. The highest BCUT2D eigenvalue weighted by molar-refractivity contribution is 6.74. The van der Waals surface area contributed by atoms with Crippen LogP contribution >= 0.6 is 0 Å². The van der Waals surface area contributed by atoms with E-state index in [9.17, 15) is 4.79 Å². The van der Waals surface area contributed by atoms with E-state index in [1.807, 2.05) is 0 Å². The summed E-state index contributed by atoms with van der Waals surface area (Å²) in [6, 6.07) is -0.447. The molecular formula is C11H25NO4Si. The van der Waals surface area contributed by atoms with E-state index >= 15 is 0 Å². The molecular weight excluding hydrogens is 238 g/mol. The summed E-state index contributed by atoms with van der Waals surface area (Å²) < 4.78 is 5.90. The number of amides is 1. The average molecular weight is 263 g/mol. The molecule has 1 amide bonds. The molecule has 0 aliphatic rings. The molecule has 5 nitrogen and oxygen atoms in total. The Morgan fingerprint density at radius 3 is 2.29 bits per heavy atom. The molecule has 0 aromatic heterocycles. The van der Waals surface area contributed by atoms with Crippen molar-refractivity contribution in [1.82, 2.24) is 5.32 Å². The molecule has 0 aromatic rings. The summed E-state index contributed by atoms with van der Waals surface area (Å²) in [4.78, 5) is 10.4. The fourth-order valence-electron chi connectivity index (χ4n) is 1.06. The van der Waals surface area contributed by atoms with Gasteiger partial charge in [-0.2, -0.15) is 0 Å². The maximum atomic E-state index is 10.4. The molecule has 0 bridgehead atoms. The minimum absolute atomic E-state index is 0.141. The van der Waals surface area contributed by atoms with Gasteiger partial charge in [0.1, 0.15) is 0 Å². The molecule has 0 spiro atoms. The molecule has 0 heterocycles. The number of carbonyl (C=O) groups is 1. The standard InChI is InChI=1S/C11H25NO4Si/c1-11(2,3)17(4,5)16-7-6-9(8-13)12-10(14)15/h9,12-13H,6-8H2,1-5H3,(H,14,15)/t9-/m0/s1. The molecule has 0 aliphatic heterocycles. The smallest absolute Gasteiger partial charge is 0.404 e. The number of hydrogen-bond donors (Lipinski definition) is 3. The molecule has 0 aliphatic carbocycles. The highest BCUT2D eigenvalue weighted by Gasteiger charge is 2.37. The third kappa shape index (κ3) is 6.04. The fourth-order valence-corrected chi connectivity index (χ4v) is 2.12. The van der Waals surface area contributed by atoms with Crippen LogP contribution in [-0.2, 0) is 4.43 Å². The molecule has 1 atom stereocenters. The Balaban J connectivity index is 4.09. The Morgan fingerprint density at radius 2 is 1.94 bits per heavy atom. The van der Waals surface area contributed by atoms with Crippen LogP contribution < -0.4 is 5.32 Å². The van der Waals surface area contributed by atoms with Gasteiger partial charge in [0.25, 0.3) is 0 Å². The summed E-state index contributed by atoms with van der Waals surface area (Å²) in [5.74, 6) is 0. The van der Waals surface area contributed by atoms with Gasteiger partial charge in [0, 0.05) is 6.61 Å². The minimum Gasteiger partial charge on any atom is -0.465 e. The van der Waals surface area contributed by atoms with E-state index in [1.165, 1.54) is 0 Å². The minimum atomic E-state index is -1.78. The Labute approximate surface area is 104 Å². The maximum Gasteiger partial charge on any atom is 0.404 e. The van der Waals surface area contributed by atoms with Crippen molar-refractivity contribution < 1.29 is 19.4 Å². The number of aliphatic hydroxyl groups excluding tert-OH is 1. The molecule has 0 saturated heterocycles. The fraction of sp³-hybridized carbons (Fsp3) is 0.909. The van der Waals surface area contributed by atoms with E-state index in [1.54, 1.807) is 0 Å². The molecule has 0 rings (SSSR count). The first-order chi connectivity index (χ1) is 7.60. The topological polar surface area (TPSA) is 78.8 Å². The lowest BCUT2D eigenvalue weighted by Gasteiger charge is -2.36. The largest absolute Gasteiger partial charge is 0.465 e. The van der Waals surface area contributed by atoms with Gasteiger partial charge >= 0.3 is 6.09 Å². The van der Waals surface area contributed by atoms with Crippen LogP contribution in [0.2, 0.25) is 18.1 Å². The summed E-state index contributed by atoms with van der Waals surface area (Å²) in [5.41, 5.74) is 0. The molecule has 6 heteroatoms. The third-order valence-electron chi connectivity index (χ3n) is 3.28. The second-order valence-electron chi connectivity index (χ2n) is 5.73. The second-order valence-corrected chi connectivity index (χ2v) is 10.5. The number of hydrogen-bond acceptors (Lipinski definition) is 3. The van der Waals surface area contributed by atoms with E-state index in [0.29, 0.717) is 13.0 Å². The summed E-state index contributed by atoms with van der Waals surface area (Å²) in [5, 5.41) is 19.9. The first-order valence-electron chi connectivity index (χ1n) is 5.84. The van der Waals surface area contributed by atoms with Gasteiger partial charge < -0.3 is 20.0 Å². The molecule has 0 aromatic carbocycles. The Bertz CT molecular complexity index is 250. The molecule has 0 saturated carbocycles. The van der Waals surface area contributed by atoms with E-state index in [0.717, 1.165) is 0 Å². The van der Waals surface area contributed by atoms with Crippen molar-refractivity contribution in [2.45, 2.75) is 51.4 Å². The number of aliphatic hydroxyl groups is 1. The first-order valence-corrected chi connectivity index (χ1v) is 8.75. The van der Waals surface area contributed by atoms with Crippen molar-refractivity contribution >= 4 is 14.4 Å². The van der Waals surface area contributed by atoms with Crippen LogP contribution in [0.3, 0.4) is 0 Å². The summed E-state index contributed by atoms with van der Waals surface area (Å²) in [6.45, 7) is 11.0. The summed E-state index contributed by atoms with van der Waals surface area (Å²) in [6.07, 6.45) is -0.619. The van der Waals surface area contributed by atoms with Crippen molar-refractivity contribution in [3.05, 3.63) is 0 Å². The van der Waals surface area contributed by atoms with Crippen LogP contribution in [0.4, 0.5) is 4.79 Å². The summed E-state index contributed by atoms with van der Waals surface area (Å²) in [7, 11) is -1.78. The van der Waals surface area contributed by atoms with E-state index < -0.39 is 20.5 Å². The number of nitrogens with one attached hydrogen (secondary N) is 1. The van der Waals surface area contributed by atoms with Crippen molar-refractivity contribution in [2.75, 3.05) is 13.2 Å². The van der Waals surface area contributed by atoms with Crippen LogP contribution in [0.25, 0.3) is 0 Å². The highest BCUT2D eigenvalue weighted by atomic mass is 28.4. The van der Waals surface area contributed by atoms with Crippen LogP contribution in [-0.4, -0.2) is 43.9 Å². The number of rotatable bonds is 6. The Morgan fingerprint density at radius 1 is 1.41 bits per heavy atom. The molecule has 102 valence electrons. The summed E-state index contributed by atoms with van der Waals surface area (Å²) >= 11 is 0. The monoisotopic (exact) mass is 263 g/mol. The van der Waals surface area contributed by atoms with E-state index in [-0.39, 0.29) is 11.6 Å². The Kier molecular flexibility index (Phi) is 6.15. The van der Waals surface area contributed by atoms with Crippen LogP contribution in [0, 0.1) is 0 Å². The Hall–Kier alpha value is -0.593. The van der Waals surface area contributed by atoms with Gasteiger partial charge in [0.2, 0.25) is 0 Å². The molecule has 17 heavy (non-hydrogen) atoms. The van der Waals surface area contributed by atoms with Gasteiger partial charge in [-0.15, -0.1) is 0 Å². The van der Waals surface area contributed by atoms with Crippen LogP contribution in [0.1, 0.15) is 27.2 Å². The van der Waals surface area contributed by atoms with Crippen LogP contribution in [0.5, 0.6) is 0 Å². The zero-order valence-corrected chi connectivity index (χ0v) is 12.4. The first kappa shape index (κ1) is 16.4. The van der Waals surface area contributed by atoms with Gasteiger partial charge in [-0.05, 0) is 24.6 Å². The quantitative estimate of drug-likeness (QED) is 0.641. The second kappa shape index (κ2) is 6.37. The van der Waals surface area contributed by atoms with Crippen molar-refractivity contribution in [3.8, 4) is 0 Å². The SMILES string of the molecule is CC(C)(C)[Si](C)(C)OCC[C@@H](CO)NC(=O)O. The van der Waals surface area contributed by atoms with Gasteiger partial charge in [-0.1, -0.05) is 20.8 Å². The zero-order chi connectivity index (χ0) is 13.7. The van der Waals surface area contributed by atoms with Crippen molar-refractivity contribution in [1.29, 1.82) is 0 Å². The van der Waals surface area contributed by atoms with E-state index in [4.69, 9.17) is 14.6 Å². The normalized spacial score (nSPS) is 14.5. The van der Waals surface area contributed by atoms with Crippen molar-refractivity contribution in [3.63, 3.8) is 0 Å². The highest BCUT2D eigenvalue weighted by Crippen LogP contribution is 2.36. The van der Waals surface area contributed by atoms with Crippen LogP contribution in [0.15, 0.2) is 0 Å². The van der Waals surface area contributed by atoms with Gasteiger partial charge in [-0.25, -0.2) is 4.79 Å². The van der Waals surface area contributed by atoms with Gasteiger partial charge in [-0.3, -0.25) is 0 Å². The predicted molar refractivity (Wildman–Crippen MR) is 69.8 cm³/mol. The van der Waals surface area contributed by atoms with E-state index in [2.05, 4.69) is 39.2 Å². The molecule has 0 radical (unpaired) electrons. The lowest BCUT2D eigenvalue weighted by molar-refractivity contribution is 0.167. The zero-order valence-electron chi connectivity index (χ0n) is 11.4. The van der Waals surface area contributed by atoms with Crippen molar-refractivity contribution in [2.24, 2.45) is 0 Å². The van der Waals surface area contributed by atoms with Gasteiger partial charge in [0.05, 0.1) is 12.6 Å². The third-order valence-corrected chi connectivity index (χ3v) is 7.82.